The number of nitrogens with zero attached hydrogens (tertiary/aromatic N) is 1. The molecule has 5 nitrogen and oxygen atoms in total. The Kier molecular flexibility index (Phi) is 5.11. The summed E-state index contributed by atoms with van der Waals surface area (Å²) in [7, 11) is 1.52. The van der Waals surface area contributed by atoms with Crippen LogP contribution in [0.5, 0.6) is 0 Å². The molecule has 116 valence electrons. The summed E-state index contributed by atoms with van der Waals surface area (Å²) >= 11 is 0. The van der Waals surface area contributed by atoms with E-state index >= 15 is 0 Å². The fourth-order valence-electron chi connectivity index (χ4n) is 2.59. The first kappa shape index (κ1) is 16.1. The van der Waals surface area contributed by atoms with Crippen LogP contribution in [-0.2, 0) is 9.05 Å². The number of hydrogen-bond acceptors (Lipinski definition) is 3. The van der Waals surface area contributed by atoms with Crippen molar-refractivity contribution in [2.45, 2.75) is 43.5 Å². The van der Waals surface area contributed by atoms with E-state index in [1.165, 1.54) is 24.3 Å². The van der Waals surface area contributed by atoms with Crippen LogP contribution < -0.4 is 5.32 Å². The number of piperidine rings is 1. The van der Waals surface area contributed by atoms with Gasteiger partial charge in [-0.05, 0) is 49.9 Å². The summed E-state index contributed by atoms with van der Waals surface area (Å²) < 4.78 is 22.3. The van der Waals surface area contributed by atoms with Gasteiger partial charge >= 0.3 is 6.03 Å². The molecule has 1 fully saturated rings. The molecule has 1 aliphatic rings. The Morgan fingerprint density at radius 1 is 1.33 bits per heavy atom. The molecular weight excluding hydrogens is 312 g/mol. The van der Waals surface area contributed by atoms with E-state index in [-0.39, 0.29) is 17.0 Å². The summed E-state index contributed by atoms with van der Waals surface area (Å²) in [5.41, 5.74) is 0.560. The van der Waals surface area contributed by atoms with Crippen LogP contribution in [0.3, 0.4) is 0 Å². The molecule has 2 rings (SSSR count). The molecular formula is C14H19ClN2O3S. The van der Waals surface area contributed by atoms with Gasteiger partial charge in [-0.3, -0.25) is 0 Å². The Hall–Kier alpha value is -1.27. The first-order valence-corrected chi connectivity index (χ1v) is 9.35. The van der Waals surface area contributed by atoms with Crippen LogP contribution in [0.2, 0.25) is 0 Å². The van der Waals surface area contributed by atoms with E-state index in [2.05, 4.69) is 12.2 Å². The molecule has 1 saturated heterocycles. The lowest BCUT2D eigenvalue weighted by Gasteiger charge is -2.35. The Balaban J connectivity index is 2.05. The zero-order chi connectivity index (χ0) is 15.5. The van der Waals surface area contributed by atoms with E-state index in [1.54, 1.807) is 0 Å². The van der Waals surface area contributed by atoms with Crippen molar-refractivity contribution in [2.24, 2.45) is 0 Å². The van der Waals surface area contributed by atoms with Crippen molar-refractivity contribution < 1.29 is 13.2 Å². The summed E-state index contributed by atoms with van der Waals surface area (Å²) in [6.45, 7) is 2.84. The van der Waals surface area contributed by atoms with Gasteiger partial charge in [0.05, 0.1) is 4.90 Å². The van der Waals surface area contributed by atoms with Crippen LogP contribution in [0.15, 0.2) is 29.2 Å². The predicted molar refractivity (Wildman–Crippen MR) is 83.1 cm³/mol. The molecule has 1 heterocycles. The largest absolute Gasteiger partial charge is 0.322 e. The summed E-state index contributed by atoms with van der Waals surface area (Å²) in [6.07, 6.45) is 4.15. The van der Waals surface area contributed by atoms with E-state index in [4.69, 9.17) is 10.7 Å². The Morgan fingerprint density at radius 2 is 2.00 bits per heavy atom. The number of carbonyl (C=O) groups is 1. The van der Waals surface area contributed by atoms with Crippen molar-refractivity contribution in [3.05, 3.63) is 24.3 Å². The predicted octanol–water partition coefficient (Wildman–Crippen LogP) is 3.41. The lowest BCUT2D eigenvalue weighted by molar-refractivity contribution is 0.160. The van der Waals surface area contributed by atoms with Gasteiger partial charge in [0.1, 0.15) is 0 Å². The van der Waals surface area contributed by atoms with Crippen LogP contribution in [-0.4, -0.2) is 31.9 Å². The Bertz CT molecular complexity index is 601. The van der Waals surface area contributed by atoms with Crippen LogP contribution in [0, 0.1) is 0 Å². The normalized spacial score (nSPS) is 19.3. The zero-order valence-electron chi connectivity index (χ0n) is 11.9. The number of rotatable bonds is 3. The molecule has 0 spiro atoms. The van der Waals surface area contributed by atoms with Gasteiger partial charge in [-0.2, -0.15) is 0 Å². The number of benzene rings is 1. The van der Waals surface area contributed by atoms with Crippen molar-refractivity contribution >= 4 is 31.5 Å². The van der Waals surface area contributed by atoms with Gasteiger partial charge < -0.3 is 10.2 Å². The van der Waals surface area contributed by atoms with E-state index in [9.17, 15) is 13.2 Å². The average molecular weight is 331 g/mol. The average Bonchev–Trinajstić information content (AvgIpc) is 2.46. The maximum absolute atomic E-state index is 12.3. The van der Waals surface area contributed by atoms with Gasteiger partial charge in [-0.25, -0.2) is 13.2 Å². The number of amides is 2. The molecule has 0 radical (unpaired) electrons. The number of hydrogen-bond donors (Lipinski definition) is 1. The molecule has 1 aliphatic heterocycles. The number of nitrogens with one attached hydrogen (secondary N) is 1. The third kappa shape index (κ3) is 4.11. The highest BCUT2D eigenvalue weighted by molar-refractivity contribution is 8.13. The molecule has 1 N–H and O–H groups in total. The van der Waals surface area contributed by atoms with Crippen LogP contribution in [0.4, 0.5) is 10.5 Å². The number of likely N-dealkylation sites (tertiary alicyclic amines) is 1. The highest BCUT2D eigenvalue weighted by atomic mass is 35.7. The van der Waals surface area contributed by atoms with Gasteiger partial charge in [0.15, 0.2) is 0 Å². The van der Waals surface area contributed by atoms with E-state index in [0.717, 1.165) is 32.2 Å². The standard InChI is InChI=1S/C14H19ClN2O3S/c1-2-12-5-3-4-10-17(12)14(18)16-11-6-8-13(9-7-11)21(15,19)20/h6-9,12H,2-5,10H2,1H3,(H,16,18)/t12-/m1/s1. The molecule has 0 aliphatic carbocycles. The quantitative estimate of drug-likeness (QED) is 0.864. The summed E-state index contributed by atoms with van der Waals surface area (Å²) in [5.74, 6) is 0. The Labute approximate surface area is 129 Å². The smallest absolute Gasteiger partial charge is 0.322 e. The van der Waals surface area contributed by atoms with Gasteiger partial charge in [0.2, 0.25) is 0 Å². The second-order valence-corrected chi connectivity index (χ2v) is 7.71. The van der Waals surface area contributed by atoms with Gasteiger partial charge in [0, 0.05) is 29.0 Å². The molecule has 1 aromatic carbocycles. The maximum Gasteiger partial charge on any atom is 0.322 e. The SMILES string of the molecule is CC[C@@H]1CCCCN1C(=O)Nc1ccc(S(=O)(=O)Cl)cc1. The van der Waals surface area contributed by atoms with Gasteiger partial charge in [-0.15, -0.1) is 0 Å². The minimum absolute atomic E-state index is 0.0200. The molecule has 1 aromatic rings. The van der Waals surface area contributed by atoms with Crippen LogP contribution in [0.1, 0.15) is 32.6 Å². The van der Waals surface area contributed by atoms with E-state index in [1.807, 2.05) is 4.90 Å². The Morgan fingerprint density at radius 3 is 2.57 bits per heavy atom. The molecule has 0 bridgehead atoms. The minimum Gasteiger partial charge on any atom is -0.322 e. The highest BCUT2D eigenvalue weighted by Gasteiger charge is 2.25. The number of urea groups is 1. The zero-order valence-corrected chi connectivity index (χ0v) is 13.5. The fraction of sp³-hybridized carbons (Fsp3) is 0.500. The van der Waals surface area contributed by atoms with Gasteiger partial charge in [-0.1, -0.05) is 6.92 Å². The monoisotopic (exact) mass is 330 g/mol. The van der Waals surface area contributed by atoms with E-state index in [0.29, 0.717) is 5.69 Å². The molecule has 21 heavy (non-hydrogen) atoms. The second-order valence-electron chi connectivity index (χ2n) is 5.14. The highest BCUT2D eigenvalue weighted by Crippen LogP contribution is 2.22. The number of carbonyl (C=O) groups excluding carboxylic acids is 1. The van der Waals surface area contributed by atoms with Crippen molar-refractivity contribution in [1.29, 1.82) is 0 Å². The maximum atomic E-state index is 12.3. The third-order valence-corrected chi connectivity index (χ3v) is 5.12. The molecule has 0 aromatic heterocycles. The number of anilines is 1. The van der Waals surface area contributed by atoms with Crippen molar-refractivity contribution in [3.63, 3.8) is 0 Å². The summed E-state index contributed by atoms with van der Waals surface area (Å²) in [6, 6.07) is 5.98. The van der Waals surface area contributed by atoms with Crippen LogP contribution in [0.25, 0.3) is 0 Å². The van der Waals surface area contributed by atoms with Crippen molar-refractivity contribution in [1.82, 2.24) is 4.90 Å². The first-order chi connectivity index (χ1) is 9.91. The first-order valence-electron chi connectivity index (χ1n) is 7.04. The summed E-state index contributed by atoms with van der Waals surface area (Å²) in [5, 5.41) is 2.80. The second kappa shape index (κ2) is 6.66. The van der Waals surface area contributed by atoms with E-state index < -0.39 is 9.05 Å². The lowest BCUT2D eigenvalue weighted by atomic mass is 10.0. The molecule has 7 heteroatoms. The number of halogens is 1. The third-order valence-electron chi connectivity index (χ3n) is 3.75. The van der Waals surface area contributed by atoms with Gasteiger partial charge in [0.25, 0.3) is 9.05 Å². The topological polar surface area (TPSA) is 66.5 Å². The minimum atomic E-state index is -3.73. The molecule has 1 atom stereocenters. The van der Waals surface area contributed by atoms with Crippen molar-refractivity contribution in [2.75, 3.05) is 11.9 Å². The molecule has 2 amide bonds. The summed E-state index contributed by atoms with van der Waals surface area (Å²) in [4.78, 5) is 14.2. The molecule has 0 saturated carbocycles. The lowest BCUT2D eigenvalue weighted by Crippen LogP contribution is -2.45. The fourth-order valence-corrected chi connectivity index (χ4v) is 3.36. The van der Waals surface area contributed by atoms with Crippen molar-refractivity contribution in [3.8, 4) is 0 Å². The molecule has 0 unspecified atom stereocenters. The van der Waals surface area contributed by atoms with Crippen LogP contribution >= 0.6 is 10.7 Å².